The third-order valence-electron chi connectivity index (χ3n) is 5.57. The first-order chi connectivity index (χ1) is 12.7. The molecule has 0 atom stereocenters. The SMILES string of the molecule is O=C(NC1CCCCCCC1)NC1CCC(Oc2ccc(F)cc2)CC1. The molecule has 0 aliphatic heterocycles. The van der Waals surface area contributed by atoms with Crippen molar-refractivity contribution in [1.82, 2.24) is 10.6 Å². The summed E-state index contributed by atoms with van der Waals surface area (Å²) in [6.07, 6.45) is 12.4. The van der Waals surface area contributed by atoms with Crippen LogP contribution < -0.4 is 15.4 Å². The van der Waals surface area contributed by atoms with Gasteiger partial charge in [-0.3, -0.25) is 0 Å². The van der Waals surface area contributed by atoms with Crippen molar-refractivity contribution in [2.75, 3.05) is 0 Å². The maximum absolute atomic E-state index is 12.9. The zero-order chi connectivity index (χ0) is 18.2. The topological polar surface area (TPSA) is 50.4 Å². The van der Waals surface area contributed by atoms with Gasteiger partial charge in [0.05, 0.1) is 6.10 Å². The van der Waals surface area contributed by atoms with Gasteiger partial charge in [0.2, 0.25) is 0 Å². The zero-order valence-electron chi connectivity index (χ0n) is 15.5. The van der Waals surface area contributed by atoms with E-state index in [2.05, 4.69) is 10.6 Å². The molecule has 26 heavy (non-hydrogen) atoms. The Morgan fingerprint density at radius 2 is 1.35 bits per heavy atom. The minimum Gasteiger partial charge on any atom is -0.490 e. The van der Waals surface area contributed by atoms with Gasteiger partial charge in [-0.1, -0.05) is 32.1 Å². The number of ether oxygens (including phenoxy) is 1. The fourth-order valence-corrected chi connectivity index (χ4v) is 4.04. The summed E-state index contributed by atoms with van der Waals surface area (Å²) in [4.78, 5) is 12.3. The van der Waals surface area contributed by atoms with Gasteiger partial charge in [0.25, 0.3) is 0 Å². The molecule has 4 nitrogen and oxygen atoms in total. The lowest BCUT2D eigenvalue weighted by atomic mass is 9.93. The lowest BCUT2D eigenvalue weighted by Crippen LogP contribution is -2.48. The summed E-state index contributed by atoms with van der Waals surface area (Å²) in [7, 11) is 0. The van der Waals surface area contributed by atoms with E-state index in [1.54, 1.807) is 12.1 Å². The van der Waals surface area contributed by atoms with Crippen LogP contribution in [0.4, 0.5) is 9.18 Å². The summed E-state index contributed by atoms with van der Waals surface area (Å²) in [5.74, 6) is 0.463. The van der Waals surface area contributed by atoms with Gasteiger partial charge in [-0.25, -0.2) is 9.18 Å². The number of urea groups is 1. The van der Waals surface area contributed by atoms with Gasteiger partial charge in [-0.05, 0) is 62.8 Å². The fourth-order valence-electron chi connectivity index (χ4n) is 4.04. The molecule has 2 fully saturated rings. The molecule has 2 aliphatic rings. The number of rotatable bonds is 4. The lowest BCUT2D eigenvalue weighted by molar-refractivity contribution is 0.139. The van der Waals surface area contributed by atoms with Crippen LogP contribution in [0.1, 0.15) is 70.6 Å². The summed E-state index contributed by atoms with van der Waals surface area (Å²) in [6.45, 7) is 0. The summed E-state index contributed by atoms with van der Waals surface area (Å²) < 4.78 is 18.9. The van der Waals surface area contributed by atoms with Crippen molar-refractivity contribution in [1.29, 1.82) is 0 Å². The predicted molar refractivity (Wildman–Crippen MR) is 101 cm³/mol. The molecular weight excluding hydrogens is 331 g/mol. The van der Waals surface area contributed by atoms with Crippen LogP contribution in [0.3, 0.4) is 0 Å². The van der Waals surface area contributed by atoms with Crippen molar-refractivity contribution in [2.24, 2.45) is 0 Å². The number of hydrogen-bond acceptors (Lipinski definition) is 2. The predicted octanol–water partition coefficient (Wildman–Crippen LogP) is 4.93. The molecule has 0 saturated heterocycles. The highest BCUT2D eigenvalue weighted by Gasteiger charge is 2.24. The van der Waals surface area contributed by atoms with E-state index in [0.29, 0.717) is 11.8 Å². The van der Waals surface area contributed by atoms with Crippen LogP contribution in [-0.2, 0) is 0 Å². The van der Waals surface area contributed by atoms with Crippen molar-refractivity contribution in [3.05, 3.63) is 30.1 Å². The van der Waals surface area contributed by atoms with Crippen LogP contribution in [0.15, 0.2) is 24.3 Å². The van der Waals surface area contributed by atoms with Crippen molar-refractivity contribution >= 4 is 6.03 Å². The van der Waals surface area contributed by atoms with Crippen LogP contribution in [-0.4, -0.2) is 24.2 Å². The van der Waals surface area contributed by atoms with Gasteiger partial charge in [-0.2, -0.15) is 0 Å². The Morgan fingerprint density at radius 3 is 1.96 bits per heavy atom. The molecule has 144 valence electrons. The van der Waals surface area contributed by atoms with Gasteiger partial charge in [0.15, 0.2) is 0 Å². The third-order valence-corrected chi connectivity index (χ3v) is 5.57. The number of carbonyl (C=O) groups is 1. The number of hydrogen-bond donors (Lipinski definition) is 2. The Labute approximate surface area is 155 Å². The molecule has 1 aromatic rings. The average molecular weight is 362 g/mol. The van der Waals surface area contributed by atoms with Crippen molar-refractivity contribution in [3.8, 4) is 5.75 Å². The second kappa shape index (κ2) is 9.79. The quantitative estimate of drug-likeness (QED) is 0.798. The van der Waals surface area contributed by atoms with Gasteiger partial charge >= 0.3 is 6.03 Å². The Balaban J connectivity index is 1.36. The Morgan fingerprint density at radius 1 is 0.808 bits per heavy atom. The smallest absolute Gasteiger partial charge is 0.315 e. The molecule has 2 saturated carbocycles. The lowest BCUT2D eigenvalue weighted by Gasteiger charge is -2.30. The normalized spacial score (nSPS) is 25.0. The highest BCUT2D eigenvalue weighted by Crippen LogP contribution is 2.24. The molecule has 2 N–H and O–H groups in total. The van der Waals surface area contributed by atoms with E-state index < -0.39 is 0 Å². The molecule has 0 bridgehead atoms. The van der Waals surface area contributed by atoms with E-state index in [1.165, 1.54) is 44.2 Å². The standard InChI is InChI=1S/C21H31FN2O2/c22-16-8-12-19(13-9-16)26-20-14-10-18(11-15-20)24-21(25)23-17-6-4-2-1-3-5-7-17/h8-9,12-13,17-18,20H,1-7,10-11,14-15H2,(H2,23,24,25). The molecule has 0 unspecified atom stereocenters. The minimum absolute atomic E-state index is 0.0153. The molecule has 0 spiro atoms. The maximum Gasteiger partial charge on any atom is 0.315 e. The highest BCUT2D eigenvalue weighted by atomic mass is 19.1. The van der Waals surface area contributed by atoms with Gasteiger partial charge < -0.3 is 15.4 Å². The summed E-state index contributed by atoms with van der Waals surface area (Å²) in [5.41, 5.74) is 0. The van der Waals surface area contributed by atoms with Crippen molar-refractivity contribution in [3.63, 3.8) is 0 Å². The first kappa shape index (κ1) is 19.0. The van der Waals surface area contributed by atoms with Crippen LogP contribution in [0, 0.1) is 5.82 Å². The summed E-state index contributed by atoms with van der Waals surface area (Å²) >= 11 is 0. The molecular formula is C21H31FN2O2. The van der Waals surface area contributed by atoms with Gasteiger partial charge in [0, 0.05) is 12.1 Å². The number of nitrogens with one attached hydrogen (secondary N) is 2. The van der Waals surface area contributed by atoms with E-state index in [0.717, 1.165) is 38.5 Å². The second-order valence-electron chi connectivity index (χ2n) is 7.71. The average Bonchev–Trinajstić information content (AvgIpc) is 2.61. The molecule has 0 heterocycles. The fraction of sp³-hybridized carbons (Fsp3) is 0.667. The molecule has 1 aromatic carbocycles. The van der Waals surface area contributed by atoms with E-state index >= 15 is 0 Å². The van der Waals surface area contributed by atoms with Gasteiger partial charge in [0.1, 0.15) is 11.6 Å². The number of benzene rings is 1. The molecule has 2 aliphatic carbocycles. The highest BCUT2D eigenvalue weighted by molar-refractivity contribution is 5.74. The van der Waals surface area contributed by atoms with Crippen LogP contribution >= 0.6 is 0 Å². The number of halogens is 1. The van der Waals surface area contributed by atoms with Gasteiger partial charge in [-0.15, -0.1) is 0 Å². The first-order valence-electron chi connectivity index (χ1n) is 10.2. The van der Waals surface area contributed by atoms with Crippen LogP contribution in [0.2, 0.25) is 0 Å². The molecule has 3 rings (SSSR count). The summed E-state index contributed by atoms with van der Waals surface area (Å²) in [6, 6.07) is 6.71. The van der Waals surface area contributed by atoms with E-state index in [4.69, 9.17) is 4.74 Å². The Bertz CT molecular complexity index is 548. The van der Waals surface area contributed by atoms with Crippen molar-refractivity contribution < 1.29 is 13.9 Å². The first-order valence-corrected chi connectivity index (χ1v) is 10.2. The Hall–Kier alpha value is -1.78. The summed E-state index contributed by atoms with van der Waals surface area (Å²) in [5, 5.41) is 6.31. The van der Waals surface area contributed by atoms with E-state index in [9.17, 15) is 9.18 Å². The van der Waals surface area contributed by atoms with Crippen molar-refractivity contribution in [2.45, 2.75) is 88.8 Å². The largest absolute Gasteiger partial charge is 0.490 e. The molecule has 0 radical (unpaired) electrons. The van der Waals surface area contributed by atoms with Crippen LogP contribution in [0.5, 0.6) is 5.75 Å². The monoisotopic (exact) mass is 362 g/mol. The number of amides is 2. The zero-order valence-corrected chi connectivity index (χ0v) is 15.5. The van der Waals surface area contributed by atoms with Crippen LogP contribution in [0.25, 0.3) is 0 Å². The minimum atomic E-state index is -0.249. The number of carbonyl (C=O) groups excluding carboxylic acids is 1. The van der Waals surface area contributed by atoms with E-state index in [-0.39, 0.29) is 24.0 Å². The Kier molecular flexibility index (Phi) is 7.15. The van der Waals surface area contributed by atoms with E-state index in [1.807, 2.05) is 0 Å². The molecule has 0 aromatic heterocycles. The maximum atomic E-state index is 12.9. The third kappa shape index (κ3) is 6.19. The molecule has 5 heteroatoms. The molecule has 2 amide bonds. The second-order valence-corrected chi connectivity index (χ2v) is 7.71.